The molecule has 1 aliphatic carbocycles. The summed E-state index contributed by atoms with van der Waals surface area (Å²) in [5.41, 5.74) is -1.10. The molecular formula is C23H27F3N2O4. The third-order valence-electron chi connectivity index (χ3n) is 7.81. The fraction of sp³-hybridized carbons (Fsp3) is 0.652. The standard InChI is InChI=1S/C23H27F3N2O4/c1-13-4-9-18-14(2)19(29)28(27-12-15-5-7-16(8-6-15)23(24,25)26)20-22(18)17(13)10-11-21(3,30-20)31-32-22/h5-8,12-14,17-18,20H,4,9-11H2,1-3H3/b27-12+/t13-,14-,17+,18+,20-,21?,22-/m1/s1. The van der Waals surface area contributed by atoms with E-state index in [9.17, 15) is 18.0 Å². The van der Waals surface area contributed by atoms with Crippen molar-refractivity contribution in [3.8, 4) is 0 Å². The number of ether oxygens (including phenoxy) is 1. The molecule has 5 fully saturated rings. The largest absolute Gasteiger partial charge is 0.416 e. The van der Waals surface area contributed by atoms with Crippen molar-refractivity contribution in [1.29, 1.82) is 0 Å². The Morgan fingerprint density at radius 2 is 1.81 bits per heavy atom. The van der Waals surface area contributed by atoms with Gasteiger partial charge in [-0.3, -0.25) is 4.79 Å². The Kier molecular flexibility index (Phi) is 4.96. The van der Waals surface area contributed by atoms with Gasteiger partial charge in [-0.25, -0.2) is 14.8 Å². The Morgan fingerprint density at radius 1 is 1.09 bits per heavy atom. The minimum absolute atomic E-state index is 0.0543. The van der Waals surface area contributed by atoms with Crippen molar-refractivity contribution < 1.29 is 32.5 Å². The van der Waals surface area contributed by atoms with E-state index in [1.54, 1.807) is 6.92 Å². The zero-order valence-corrected chi connectivity index (χ0v) is 18.3. The number of alkyl halides is 3. The van der Waals surface area contributed by atoms with Crippen LogP contribution in [0.4, 0.5) is 13.2 Å². The van der Waals surface area contributed by atoms with Gasteiger partial charge in [0.15, 0.2) is 11.8 Å². The van der Waals surface area contributed by atoms with E-state index in [4.69, 9.17) is 14.5 Å². The lowest BCUT2D eigenvalue weighted by atomic mass is 9.57. The molecule has 1 amide bonds. The Hall–Kier alpha value is -1.97. The second-order valence-electron chi connectivity index (χ2n) is 9.77. The smallest absolute Gasteiger partial charge is 0.319 e. The Labute approximate surface area is 184 Å². The molecule has 174 valence electrons. The van der Waals surface area contributed by atoms with Gasteiger partial charge in [0.25, 0.3) is 0 Å². The second kappa shape index (κ2) is 7.27. The number of fused-ring (bicyclic) bond motifs is 2. The first kappa shape index (κ1) is 21.9. The molecule has 0 N–H and O–H groups in total. The number of nitrogens with zero attached hydrogens (tertiary/aromatic N) is 2. The van der Waals surface area contributed by atoms with Crippen molar-refractivity contribution in [3.05, 3.63) is 35.4 Å². The van der Waals surface area contributed by atoms with Gasteiger partial charge in [-0.1, -0.05) is 26.0 Å². The van der Waals surface area contributed by atoms with Crippen molar-refractivity contribution in [2.24, 2.45) is 28.8 Å². The first-order valence-electron chi connectivity index (χ1n) is 11.1. The van der Waals surface area contributed by atoms with Gasteiger partial charge in [-0.2, -0.15) is 18.3 Å². The van der Waals surface area contributed by atoms with Crippen LogP contribution in [0, 0.1) is 23.7 Å². The number of rotatable bonds is 2. The number of halogens is 3. The fourth-order valence-corrected chi connectivity index (χ4v) is 6.04. The molecule has 1 aromatic carbocycles. The van der Waals surface area contributed by atoms with Gasteiger partial charge in [0.2, 0.25) is 11.7 Å². The number of hydrogen-bond donors (Lipinski definition) is 0. The maximum Gasteiger partial charge on any atom is 0.416 e. The number of benzene rings is 1. The molecule has 5 aliphatic rings. The van der Waals surface area contributed by atoms with Crippen LogP contribution in [0.1, 0.15) is 57.6 Å². The molecule has 0 aromatic heterocycles. The highest BCUT2D eigenvalue weighted by Gasteiger charge is 2.71. The van der Waals surface area contributed by atoms with E-state index in [2.05, 4.69) is 12.0 Å². The van der Waals surface area contributed by atoms with Crippen molar-refractivity contribution in [3.63, 3.8) is 0 Å². The first-order valence-corrected chi connectivity index (χ1v) is 11.1. The van der Waals surface area contributed by atoms with Crippen LogP contribution in [0.5, 0.6) is 0 Å². The van der Waals surface area contributed by atoms with Gasteiger partial charge in [-0.05, 0) is 55.7 Å². The van der Waals surface area contributed by atoms with Crippen molar-refractivity contribution in [2.45, 2.75) is 70.2 Å². The Bertz CT molecular complexity index is 936. The highest BCUT2D eigenvalue weighted by Crippen LogP contribution is 2.60. The molecule has 4 aliphatic heterocycles. The summed E-state index contributed by atoms with van der Waals surface area (Å²) in [7, 11) is 0. The summed E-state index contributed by atoms with van der Waals surface area (Å²) < 4.78 is 44.9. The maximum atomic E-state index is 13.3. The Balaban J connectivity index is 1.52. The highest BCUT2D eigenvalue weighted by molar-refractivity contribution is 5.84. The topological polar surface area (TPSA) is 60.4 Å². The predicted octanol–water partition coefficient (Wildman–Crippen LogP) is 4.73. The van der Waals surface area contributed by atoms with Crippen LogP contribution in [0.2, 0.25) is 0 Å². The fourth-order valence-electron chi connectivity index (χ4n) is 6.04. The number of piperidine rings is 1. The second-order valence-corrected chi connectivity index (χ2v) is 9.77. The molecule has 32 heavy (non-hydrogen) atoms. The van der Waals surface area contributed by atoms with Gasteiger partial charge in [0.05, 0.1) is 11.8 Å². The molecule has 9 heteroatoms. The van der Waals surface area contributed by atoms with Crippen molar-refractivity contribution in [1.82, 2.24) is 5.01 Å². The zero-order valence-electron chi connectivity index (χ0n) is 18.3. The summed E-state index contributed by atoms with van der Waals surface area (Å²) >= 11 is 0. The zero-order chi connectivity index (χ0) is 22.9. The molecule has 6 rings (SSSR count). The minimum Gasteiger partial charge on any atom is -0.319 e. The van der Waals surface area contributed by atoms with E-state index in [-0.39, 0.29) is 23.7 Å². The number of hydrogen-bond acceptors (Lipinski definition) is 5. The molecule has 7 atom stereocenters. The van der Waals surface area contributed by atoms with E-state index in [1.807, 2.05) is 6.92 Å². The van der Waals surface area contributed by atoms with Gasteiger partial charge in [0, 0.05) is 18.3 Å². The lowest BCUT2D eigenvalue weighted by molar-refractivity contribution is -0.547. The maximum absolute atomic E-state index is 13.3. The summed E-state index contributed by atoms with van der Waals surface area (Å²) in [4.78, 5) is 25.3. The van der Waals surface area contributed by atoms with Crippen LogP contribution in [0.15, 0.2) is 29.4 Å². The minimum atomic E-state index is -4.41. The van der Waals surface area contributed by atoms with E-state index >= 15 is 0 Å². The van der Waals surface area contributed by atoms with E-state index in [1.165, 1.54) is 23.4 Å². The molecule has 1 aromatic rings. The summed E-state index contributed by atoms with van der Waals surface area (Å²) in [6.45, 7) is 5.89. The Morgan fingerprint density at radius 3 is 2.50 bits per heavy atom. The van der Waals surface area contributed by atoms with E-state index in [0.29, 0.717) is 17.9 Å². The van der Waals surface area contributed by atoms with Crippen LogP contribution in [0.25, 0.3) is 0 Å². The van der Waals surface area contributed by atoms with Gasteiger partial charge in [-0.15, -0.1) is 0 Å². The van der Waals surface area contributed by atoms with Gasteiger partial charge < -0.3 is 4.74 Å². The quantitative estimate of drug-likeness (QED) is 0.481. The highest BCUT2D eigenvalue weighted by atomic mass is 19.4. The van der Waals surface area contributed by atoms with Crippen LogP contribution in [-0.2, 0) is 25.5 Å². The van der Waals surface area contributed by atoms with Crippen LogP contribution < -0.4 is 0 Å². The number of carbonyl (C=O) groups is 1. The lowest BCUT2D eigenvalue weighted by Crippen LogP contribution is -2.74. The summed E-state index contributed by atoms with van der Waals surface area (Å²) in [5.74, 6) is -1.04. The molecule has 2 bridgehead atoms. The van der Waals surface area contributed by atoms with Crippen molar-refractivity contribution in [2.75, 3.05) is 0 Å². The van der Waals surface area contributed by atoms with Gasteiger partial charge >= 0.3 is 6.18 Å². The van der Waals surface area contributed by atoms with Crippen LogP contribution in [0.3, 0.4) is 0 Å². The molecule has 4 heterocycles. The molecule has 1 saturated carbocycles. The molecule has 0 radical (unpaired) electrons. The van der Waals surface area contributed by atoms with Crippen molar-refractivity contribution >= 4 is 12.1 Å². The summed E-state index contributed by atoms with van der Waals surface area (Å²) in [5, 5.41) is 5.75. The molecule has 1 unspecified atom stereocenters. The summed E-state index contributed by atoms with van der Waals surface area (Å²) in [6.07, 6.45) is -0.412. The van der Waals surface area contributed by atoms with Crippen LogP contribution >= 0.6 is 0 Å². The lowest BCUT2D eigenvalue weighted by Gasteiger charge is -2.60. The average molecular weight is 452 g/mol. The third kappa shape index (κ3) is 3.20. The molecule has 6 nitrogen and oxygen atoms in total. The molecule has 1 spiro atoms. The van der Waals surface area contributed by atoms with Gasteiger partial charge in [0.1, 0.15) is 0 Å². The first-order chi connectivity index (χ1) is 15.1. The van der Waals surface area contributed by atoms with Crippen LogP contribution in [-0.4, -0.2) is 34.7 Å². The molecular weight excluding hydrogens is 425 g/mol. The summed E-state index contributed by atoms with van der Waals surface area (Å²) in [6, 6.07) is 4.66. The van der Waals surface area contributed by atoms with E-state index in [0.717, 1.165) is 31.4 Å². The average Bonchev–Trinajstić information content (AvgIpc) is 2.98. The predicted molar refractivity (Wildman–Crippen MR) is 108 cm³/mol. The van der Waals surface area contributed by atoms with E-state index < -0.39 is 29.4 Å². The monoisotopic (exact) mass is 452 g/mol. The number of carbonyl (C=O) groups excluding carboxylic acids is 1. The number of hydrazone groups is 1. The third-order valence-corrected chi connectivity index (χ3v) is 7.81. The number of amides is 1. The molecule has 4 saturated heterocycles. The normalized spacial score (nSPS) is 41.6. The SMILES string of the molecule is C[C@@H]1CC[C@H]2[C@@H](C)C(=O)N(/N=C/c3ccc(C(F)(F)F)cc3)[C@@H]3OC4(C)CC[C@@H]1[C@@]23OO4.